The van der Waals surface area contributed by atoms with Crippen molar-refractivity contribution >= 4 is 10.9 Å². The molecule has 0 amide bonds. The van der Waals surface area contributed by atoms with Crippen molar-refractivity contribution in [1.29, 1.82) is 0 Å². The molecule has 0 spiro atoms. The zero-order valence-corrected chi connectivity index (χ0v) is 11.7. The van der Waals surface area contributed by atoms with Gasteiger partial charge in [0.15, 0.2) is 0 Å². The highest BCUT2D eigenvalue weighted by Gasteiger charge is 2.07. The molecule has 1 atom stereocenters. The normalized spacial score (nSPS) is 12.5. The molecule has 0 radical (unpaired) electrons. The minimum Gasteiger partial charge on any atom is -0.488 e. The number of hydrogen-bond donors (Lipinski definition) is 1. The standard InChI is InChI=1S/C16H22N2O/c1-3-17-11-5-7-13(2)19-15-10-4-8-14-9-6-12-18-16(14)15/h4,6,8-10,12-13,17H,3,5,7,11H2,1-2H3. The number of fused-ring (bicyclic) bond motifs is 1. The topological polar surface area (TPSA) is 34.1 Å². The van der Waals surface area contributed by atoms with E-state index in [2.05, 4.69) is 36.3 Å². The largest absolute Gasteiger partial charge is 0.488 e. The number of nitrogens with one attached hydrogen (secondary N) is 1. The molecule has 0 aliphatic carbocycles. The van der Waals surface area contributed by atoms with Gasteiger partial charge in [-0.05, 0) is 45.0 Å². The van der Waals surface area contributed by atoms with Gasteiger partial charge in [0, 0.05) is 11.6 Å². The molecular formula is C16H22N2O. The second kappa shape index (κ2) is 7.10. The van der Waals surface area contributed by atoms with Crippen LogP contribution in [0.3, 0.4) is 0 Å². The second-order valence-corrected chi connectivity index (χ2v) is 4.76. The van der Waals surface area contributed by atoms with Gasteiger partial charge in [0.2, 0.25) is 0 Å². The first-order valence-corrected chi connectivity index (χ1v) is 7.02. The molecule has 3 nitrogen and oxygen atoms in total. The highest BCUT2D eigenvalue weighted by atomic mass is 16.5. The van der Waals surface area contributed by atoms with E-state index in [0.717, 1.165) is 42.6 Å². The van der Waals surface area contributed by atoms with E-state index in [9.17, 15) is 0 Å². The van der Waals surface area contributed by atoms with Gasteiger partial charge in [-0.25, -0.2) is 0 Å². The zero-order valence-electron chi connectivity index (χ0n) is 11.7. The molecule has 102 valence electrons. The number of para-hydroxylation sites is 1. The van der Waals surface area contributed by atoms with E-state index in [1.165, 1.54) is 0 Å². The molecule has 2 rings (SSSR count). The minimum atomic E-state index is 0.214. The van der Waals surface area contributed by atoms with Gasteiger partial charge in [0.1, 0.15) is 11.3 Å². The molecule has 1 unspecified atom stereocenters. The quantitative estimate of drug-likeness (QED) is 0.773. The average molecular weight is 258 g/mol. The molecule has 1 N–H and O–H groups in total. The van der Waals surface area contributed by atoms with Crippen LogP contribution in [0.2, 0.25) is 0 Å². The van der Waals surface area contributed by atoms with Crippen molar-refractivity contribution < 1.29 is 4.74 Å². The Hall–Kier alpha value is -1.61. The summed E-state index contributed by atoms with van der Waals surface area (Å²) in [4.78, 5) is 4.41. The number of rotatable bonds is 7. The molecule has 0 bridgehead atoms. The van der Waals surface area contributed by atoms with Crippen LogP contribution in [-0.4, -0.2) is 24.2 Å². The van der Waals surface area contributed by atoms with E-state index >= 15 is 0 Å². The van der Waals surface area contributed by atoms with E-state index < -0.39 is 0 Å². The summed E-state index contributed by atoms with van der Waals surface area (Å²) in [7, 11) is 0. The van der Waals surface area contributed by atoms with Crippen LogP contribution in [-0.2, 0) is 0 Å². The first-order valence-electron chi connectivity index (χ1n) is 7.02. The zero-order chi connectivity index (χ0) is 13.5. The van der Waals surface area contributed by atoms with Gasteiger partial charge in [-0.2, -0.15) is 0 Å². The molecule has 0 saturated carbocycles. The summed E-state index contributed by atoms with van der Waals surface area (Å²) in [5.41, 5.74) is 0.948. The Kier molecular flexibility index (Phi) is 5.16. The van der Waals surface area contributed by atoms with Crippen LogP contribution in [0.25, 0.3) is 10.9 Å². The summed E-state index contributed by atoms with van der Waals surface area (Å²) < 4.78 is 6.02. The first kappa shape index (κ1) is 13.8. The van der Waals surface area contributed by atoms with Crippen molar-refractivity contribution in [3.05, 3.63) is 36.5 Å². The summed E-state index contributed by atoms with van der Waals surface area (Å²) in [6, 6.07) is 10.1. The predicted octanol–water partition coefficient (Wildman–Crippen LogP) is 3.39. The molecule has 0 fully saturated rings. The minimum absolute atomic E-state index is 0.214. The van der Waals surface area contributed by atoms with Gasteiger partial charge < -0.3 is 10.1 Å². The number of benzene rings is 1. The third-order valence-corrected chi connectivity index (χ3v) is 3.14. The van der Waals surface area contributed by atoms with Gasteiger partial charge >= 0.3 is 0 Å². The van der Waals surface area contributed by atoms with Crippen LogP contribution in [0.5, 0.6) is 5.75 Å². The van der Waals surface area contributed by atoms with Crippen molar-refractivity contribution in [2.45, 2.75) is 32.8 Å². The van der Waals surface area contributed by atoms with Gasteiger partial charge in [-0.1, -0.05) is 25.1 Å². The van der Waals surface area contributed by atoms with E-state index in [-0.39, 0.29) is 6.10 Å². The van der Waals surface area contributed by atoms with Crippen LogP contribution in [0.4, 0.5) is 0 Å². The molecule has 1 heterocycles. The van der Waals surface area contributed by atoms with Crippen LogP contribution in [0.1, 0.15) is 26.7 Å². The second-order valence-electron chi connectivity index (χ2n) is 4.76. The maximum absolute atomic E-state index is 6.02. The lowest BCUT2D eigenvalue weighted by Crippen LogP contribution is -2.18. The monoisotopic (exact) mass is 258 g/mol. The van der Waals surface area contributed by atoms with Crippen LogP contribution in [0.15, 0.2) is 36.5 Å². The molecular weight excluding hydrogens is 236 g/mol. The van der Waals surface area contributed by atoms with E-state index in [4.69, 9.17) is 4.74 Å². The third kappa shape index (κ3) is 3.93. The lowest BCUT2D eigenvalue weighted by molar-refractivity contribution is 0.210. The van der Waals surface area contributed by atoms with Gasteiger partial charge in [-0.3, -0.25) is 4.98 Å². The number of pyridine rings is 1. The highest BCUT2D eigenvalue weighted by Crippen LogP contribution is 2.24. The van der Waals surface area contributed by atoms with Gasteiger partial charge in [0.25, 0.3) is 0 Å². The Morgan fingerprint density at radius 2 is 2.11 bits per heavy atom. The van der Waals surface area contributed by atoms with E-state index in [0.29, 0.717) is 0 Å². The average Bonchev–Trinajstić information content (AvgIpc) is 2.44. The molecule has 0 saturated heterocycles. The van der Waals surface area contributed by atoms with Crippen LogP contribution >= 0.6 is 0 Å². The Labute approximate surface area is 115 Å². The summed E-state index contributed by atoms with van der Waals surface area (Å²) in [5, 5.41) is 4.45. The molecule has 19 heavy (non-hydrogen) atoms. The number of nitrogens with zero attached hydrogens (tertiary/aromatic N) is 1. The van der Waals surface area contributed by atoms with E-state index in [1.54, 1.807) is 0 Å². The third-order valence-electron chi connectivity index (χ3n) is 3.14. The van der Waals surface area contributed by atoms with Crippen molar-refractivity contribution in [3.63, 3.8) is 0 Å². The van der Waals surface area contributed by atoms with Gasteiger partial charge in [-0.15, -0.1) is 0 Å². The SMILES string of the molecule is CCNCCCC(C)Oc1cccc2cccnc12. The maximum atomic E-state index is 6.02. The molecule has 1 aromatic carbocycles. The maximum Gasteiger partial charge on any atom is 0.145 e. The first-order chi connectivity index (χ1) is 9.31. The fourth-order valence-electron chi connectivity index (χ4n) is 2.14. The number of ether oxygens (including phenoxy) is 1. The lowest BCUT2D eigenvalue weighted by atomic mass is 10.2. The Bertz CT molecular complexity index is 508. The fraction of sp³-hybridized carbons (Fsp3) is 0.438. The summed E-state index contributed by atoms with van der Waals surface area (Å²) >= 11 is 0. The Morgan fingerprint density at radius 3 is 2.95 bits per heavy atom. The number of aromatic nitrogens is 1. The molecule has 0 aliphatic rings. The van der Waals surface area contributed by atoms with Crippen molar-refractivity contribution in [2.75, 3.05) is 13.1 Å². The predicted molar refractivity (Wildman–Crippen MR) is 79.6 cm³/mol. The molecule has 3 heteroatoms. The van der Waals surface area contributed by atoms with Crippen LogP contribution < -0.4 is 10.1 Å². The highest BCUT2D eigenvalue weighted by molar-refractivity contribution is 5.84. The Morgan fingerprint density at radius 1 is 1.26 bits per heavy atom. The molecule has 0 aliphatic heterocycles. The summed E-state index contributed by atoms with van der Waals surface area (Å²) in [6.45, 7) is 6.33. The summed E-state index contributed by atoms with van der Waals surface area (Å²) in [5.74, 6) is 0.883. The molecule has 2 aromatic rings. The summed E-state index contributed by atoms with van der Waals surface area (Å²) in [6.07, 6.45) is 4.21. The van der Waals surface area contributed by atoms with Crippen molar-refractivity contribution in [2.24, 2.45) is 0 Å². The van der Waals surface area contributed by atoms with Crippen molar-refractivity contribution in [3.8, 4) is 5.75 Å². The fourth-order valence-corrected chi connectivity index (χ4v) is 2.14. The van der Waals surface area contributed by atoms with E-state index in [1.807, 2.05) is 24.4 Å². The number of hydrogen-bond acceptors (Lipinski definition) is 3. The Balaban J connectivity index is 1.97. The smallest absolute Gasteiger partial charge is 0.145 e. The lowest BCUT2D eigenvalue weighted by Gasteiger charge is -2.15. The van der Waals surface area contributed by atoms with Crippen LogP contribution in [0, 0.1) is 0 Å². The van der Waals surface area contributed by atoms with Crippen molar-refractivity contribution in [1.82, 2.24) is 10.3 Å². The molecule has 1 aromatic heterocycles. The van der Waals surface area contributed by atoms with Gasteiger partial charge in [0.05, 0.1) is 6.10 Å².